The minimum absolute atomic E-state index is 0.0857. The Labute approximate surface area is 233 Å². The molecule has 1 fully saturated rings. The van der Waals surface area contributed by atoms with Crippen molar-refractivity contribution in [3.05, 3.63) is 58.1 Å². The number of hydrogen-bond acceptors (Lipinski definition) is 7. The maximum atomic E-state index is 15.6. The number of nitrogens with zero attached hydrogens (tertiary/aromatic N) is 5. The average molecular weight is 562 g/mol. The molecule has 1 atom stereocenters. The molecule has 41 heavy (non-hydrogen) atoms. The monoisotopic (exact) mass is 561 g/mol. The van der Waals surface area contributed by atoms with E-state index in [-0.39, 0.29) is 16.3 Å². The maximum Gasteiger partial charge on any atom is 0.341 e. The molecule has 0 amide bonds. The van der Waals surface area contributed by atoms with Crippen LogP contribution in [0.4, 0.5) is 20.2 Å². The molecule has 1 saturated heterocycles. The number of carboxylic acid groups (broad SMARTS) is 1. The number of hydrogen-bond donors (Lipinski definition) is 3. The fourth-order valence-corrected chi connectivity index (χ4v) is 6.04. The van der Waals surface area contributed by atoms with E-state index in [1.807, 2.05) is 14.1 Å². The van der Waals surface area contributed by atoms with Crippen molar-refractivity contribution in [1.82, 2.24) is 24.4 Å². The number of aromatic nitrogens is 4. The third kappa shape index (κ3) is 4.26. The van der Waals surface area contributed by atoms with E-state index in [0.29, 0.717) is 63.7 Å². The topological polar surface area (TPSA) is 119 Å². The van der Waals surface area contributed by atoms with Crippen molar-refractivity contribution in [2.45, 2.75) is 6.42 Å². The molecular weight excluding hydrogens is 532 g/mol. The number of H-pyrrole nitrogens is 1. The molecule has 0 bridgehead atoms. The summed E-state index contributed by atoms with van der Waals surface area (Å²) in [6.07, 6.45) is 5.37. The van der Waals surface area contributed by atoms with Gasteiger partial charge in [-0.15, -0.1) is 0 Å². The molecule has 0 saturated carbocycles. The smallest absolute Gasteiger partial charge is 0.341 e. The molecule has 6 rings (SSSR count). The van der Waals surface area contributed by atoms with E-state index in [2.05, 4.69) is 30.1 Å². The molecule has 5 heterocycles. The summed E-state index contributed by atoms with van der Waals surface area (Å²) < 4.78 is 31.9. The number of anilines is 2. The Balaban J connectivity index is 1.67. The molecule has 12 heteroatoms. The number of fused-ring (bicyclic) bond motifs is 4. The Kier molecular flexibility index (Phi) is 6.37. The second-order valence-corrected chi connectivity index (χ2v) is 10.8. The lowest BCUT2D eigenvalue weighted by molar-refractivity contribution is 0.0695. The zero-order valence-corrected chi connectivity index (χ0v) is 23.0. The van der Waals surface area contributed by atoms with Gasteiger partial charge in [-0.3, -0.25) is 4.79 Å². The summed E-state index contributed by atoms with van der Waals surface area (Å²) >= 11 is 0. The fraction of sp³-hybridized carbons (Fsp3) is 0.310. The van der Waals surface area contributed by atoms with E-state index < -0.39 is 23.0 Å². The molecule has 0 radical (unpaired) electrons. The highest BCUT2D eigenvalue weighted by molar-refractivity contribution is 6.18. The van der Waals surface area contributed by atoms with Gasteiger partial charge in [0.25, 0.3) is 0 Å². The standard InChI is InChI=1S/C29H29F2N7O3/c1-32-20-8-19(30)23(31)21-22-25(38-6-5-14(12-38)11-36(2)3)17(10-33-27(22)35-24(20)21)15-7-16-26(39)18(29(40)41)13-37(4)28(16)34-9-15/h7-10,13-14,32H,5-6,11-12H2,1-4H3,(H,33,35)(H,40,41)/t14-/m1/s1. The highest BCUT2D eigenvalue weighted by atomic mass is 19.2. The Hall–Kier alpha value is -4.58. The SMILES string of the molecule is CNc1cc(F)c(F)c2c1[nH]c1ncc(-c3cnc4c(c3)c(=O)c(C(=O)O)cn4C)c(N3CC[C@H](CN(C)C)C3)c12. The predicted molar refractivity (Wildman–Crippen MR) is 155 cm³/mol. The van der Waals surface area contributed by atoms with Gasteiger partial charge >= 0.3 is 5.97 Å². The van der Waals surface area contributed by atoms with E-state index in [1.54, 1.807) is 32.6 Å². The van der Waals surface area contributed by atoms with Gasteiger partial charge in [0, 0.05) is 69.5 Å². The minimum atomic E-state index is -1.33. The van der Waals surface area contributed by atoms with Crippen molar-refractivity contribution >= 4 is 50.3 Å². The van der Waals surface area contributed by atoms with Crippen LogP contribution in [0.1, 0.15) is 16.8 Å². The number of aryl methyl sites for hydroxylation is 1. The summed E-state index contributed by atoms with van der Waals surface area (Å²) in [7, 11) is 7.29. The van der Waals surface area contributed by atoms with E-state index in [0.717, 1.165) is 19.0 Å². The normalized spacial score (nSPS) is 15.6. The summed E-state index contributed by atoms with van der Waals surface area (Å²) in [6.45, 7) is 2.23. The molecular formula is C29H29F2N7O3. The fourth-order valence-electron chi connectivity index (χ4n) is 6.04. The molecule has 0 aliphatic carbocycles. The van der Waals surface area contributed by atoms with Gasteiger partial charge in [0.1, 0.15) is 16.9 Å². The zero-order valence-electron chi connectivity index (χ0n) is 23.0. The Morgan fingerprint density at radius 2 is 2.00 bits per heavy atom. The van der Waals surface area contributed by atoms with Crippen LogP contribution in [0, 0.1) is 17.6 Å². The first-order valence-electron chi connectivity index (χ1n) is 13.2. The number of aromatic carboxylic acids is 1. The van der Waals surface area contributed by atoms with Crippen LogP contribution in [0.15, 0.2) is 35.5 Å². The number of carboxylic acids is 1. The lowest BCUT2D eigenvalue weighted by Crippen LogP contribution is -2.26. The Morgan fingerprint density at radius 1 is 1.22 bits per heavy atom. The number of carbonyl (C=O) groups is 1. The van der Waals surface area contributed by atoms with Crippen molar-refractivity contribution in [2.24, 2.45) is 13.0 Å². The van der Waals surface area contributed by atoms with Crippen molar-refractivity contribution in [1.29, 1.82) is 0 Å². The van der Waals surface area contributed by atoms with Gasteiger partial charge in [-0.1, -0.05) is 0 Å². The molecule has 1 aliphatic heterocycles. The van der Waals surface area contributed by atoms with Crippen molar-refractivity contribution in [3.8, 4) is 11.1 Å². The van der Waals surface area contributed by atoms with Crippen molar-refractivity contribution < 1.29 is 18.7 Å². The quantitative estimate of drug-likeness (QED) is 0.284. The molecule has 1 aromatic carbocycles. The van der Waals surface area contributed by atoms with Crippen LogP contribution in [0.3, 0.4) is 0 Å². The van der Waals surface area contributed by atoms with Gasteiger partial charge in [-0.05, 0) is 32.5 Å². The first-order chi connectivity index (χ1) is 19.6. The van der Waals surface area contributed by atoms with Gasteiger partial charge in [0.15, 0.2) is 11.6 Å². The summed E-state index contributed by atoms with van der Waals surface area (Å²) in [4.78, 5) is 41.4. The first kappa shape index (κ1) is 26.6. The number of aromatic amines is 1. The van der Waals surface area contributed by atoms with E-state index in [1.165, 1.54) is 10.8 Å². The molecule has 4 aromatic heterocycles. The highest BCUT2D eigenvalue weighted by Gasteiger charge is 2.30. The lowest BCUT2D eigenvalue weighted by Gasteiger charge is -2.24. The summed E-state index contributed by atoms with van der Waals surface area (Å²) in [5.41, 5.74) is 2.24. The third-order valence-electron chi connectivity index (χ3n) is 7.81. The first-order valence-corrected chi connectivity index (χ1v) is 13.2. The van der Waals surface area contributed by atoms with Crippen LogP contribution in [-0.2, 0) is 7.05 Å². The van der Waals surface area contributed by atoms with Crippen LogP contribution in [0.25, 0.3) is 44.1 Å². The van der Waals surface area contributed by atoms with Gasteiger partial charge in [-0.2, -0.15) is 0 Å². The van der Waals surface area contributed by atoms with Crippen LogP contribution < -0.4 is 15.6 Å². The number of nitrogens with one attached hydrogen (secondary N) is 2. The minimum Gasteiger partial charge on any atom is -0.477 e. The number of pyridine rings is 3. The number of rotatable bonds is 6. The molecule has 10 nitrogen and oxygen atoms in total. The molecule has 0 unspecified atom stereocenters. The van der Waals surface area contributed by atoms with E-state index in [4.69, 9.17) is 0 Å². The van der Waals surface area contributed by atoms with Crippen LogP contribution >= 0.6 is 0 Å². The predicted octanol–water partition coefficient (Wildman–Crippen LogP) is 4.04. The van der Waals surface area contributed by atoms with E-state index in [9.17, 15) is 19.1 Å². The third-order valence-corrected chi connectivity index (χ3v) is 7.81. The average Bonchev–Trinajstić information content (AvgIpc) is 3.56. The lowest BCUT2D eigenvalue weighted by atomic mass is 10.0. The van der Waals surface area contributed by atoms with Gasteiger partial charge < -0.3 is 29.8 Å². The molecule has 1 aliphatic rings. The van der Waals surface area contributed by atoms with Crippen LogP contribution in [0.5, 0.6) is 0 Å². The van der Waals surface area contributed by atoms with Crippen molar-refractivity contribution in [3.63, 3.8) is 0 Å². The number of benzene rings is 1. The Bertz CT molecular complexity index is 1930. The summed E-state index contributed by atoms with van der Waals surface area (Å²) in [5, 5.41) is 13.2. The van der Waals surface area contributed by atoms with Gasteiger partial charge in [0.2, 0.25) is 5.43 Å². The van der Waals surface area contributed by atoms with Crippen LogP contribution in [-0.4, -0.2) is 76.3 Å². The van der Waals surface area contributed by atoms with E-state index >= 15 is 4.39 Å². The van der Waals surface area contributed by atoms with Crippen molar-refractivity contribution in [2.75, 3.05) is 51.0 Å². The Morgan fingerprint density at radius 3 is 2.71 bits per heavy atom. The maximum absolute atomic E-state index is 15.6. The molecule has 0 spiro atoms. The second-order valence-electron chi connectivity index (χ2n) is 10.8. The van der Waals surface area contributed by atoms with Gasteiger partial charge in [0.05, 0.1) is 33.1 Å². The summed E-state index contributed by atoms with van der Waals surface area (Å²) in [6, 6.07) is 2.71. The second kappa shape index (κ2) is 9.81. The highest BCUT2D eigenvalue weighted by Crippen LogP contribution is 2.44. The largest absolute Gasteiger partial charge is 0.477 e. The molecule has 212 valence electrons. The number of halogens is 2. The zero-order chi connectivity index (χ0) is 29.2. The van der Waals surface area contributed by atoms with Crippen LogP contribution in [0.2, 0.25) is 0 Å². The van der Waals surface area contributed by atoms with Gasteiger partial charge in [-0.25, -0.2) is 23.5 Å². The molecule has 5 aromatic rings. The molecule has 3 N–H and O–H groups in total. The summed E-state index contributed by atoms with van der Waals surface area (Å²) in [5.74, 6) is -2.95.